The van der Waals surface area contributed by atoms with Crippen LogP contribution in [0.25, 0.3) is 11.1 Å². The van der Waals surface area contributed by atoms with Gasteiger partial charge in [-0.3, -0.25) is 34.1 Å². The van der Waals surface area contributed by atoms with Crippen molar-refractivity contribution in [3.8, 4) is 11.1 Å². The van der Waals surface area contributed by atoms with Crippen molar-refractivity contribution >= 4 is 58.2 Å². The lowest BCUT2D eigenvalue weighted by molar-refractivity contribution is 0.0941. The first-order chi connectivity index (χ1) is 27.5. The third-order valence-corrected chi connectivity index (χ3v) is 10.8. The number of benzene rings is 2. The van der Waals surface area contributed by atoms with Gasteiger partial charge in [0.05, 0.1) is 15.7 Å². The van der Waals surface area contributed by atoms with E-state index in [2.05, 4.69) is 59.7 Å². The van der Waals surface area contributed by atoms with E-state index in [0.717, 1.165) is 64.5 Å². The number of aromatic nitrogens is 3. The van der Waals surface area contributed by atoms with Crippen molar-refractivity contribution in [2.24, 2.45) is 0 Å². The Kier molecular flexibility index (Phi) is 14.3. The van der Waals surface area contributed by atoms with E-state index in [1.165, 1.54) is 28.0 Å². The quantitative estimate of drug-likeness (QED) is 0.180. The Labute approximate surface area is 342 Å². The molecule has 4 aromatic rings. The van der Waals surface area contributed by atoms with Gasteiger partial charge in [-0.25, -0.2) is 9.48 Å². The van der Waals surface area contributed by atoms with Crippen molar-refractivity contribution in [3.05, 3.63) is 98.5 Å². The molecule has 0 spiro atoms. The van der Waals surface area contributed by atoms with Gasteiger partial charge in [0.25, 0.3) is 17.4 Å². The average Bonchev–Trinajstić information content (AvgIpc) is 3.21. The van der Waals surface area contributed by atoms with Crippen LogP contribution in [0.5, 0.6) is 0 Å². The molecule has 0 unspecified atom stereocenters. The fourth-order valence-electron chi connectivity index (χ4n) is 6.73. The normalized spacial score (nSPS) is 15.6. The monoisotopic (exact) mass is 817 g/mol. The summed E-state index contributed by atoms with van der Waals surface area (Å²) in [4.78, 5) is 69.9. The number of amides is 4. The van der Waals surface area contributed by atoms with Gasteiger partial charge in [-0.05, 0) is 50.3 Å². The zero-order valence-corrected chi connectivity index (χ0v) is 34.0. The molecule has 4 heterocycles. The Morgan fingerprint density at radius 3 is 2.02 bits per heavy atom. The van der Waals surface area contributed by atoms with E-state index >= 15 is 0 Å². The molecule has 2 fully saturated rings. The highest BCUT2D eigenvalue weighted by molar-refractivity contribution is 6.39. The number of aryl methyl sites for hydroxylation is 1. The van der Waals surface area contributed by atoms with Crippen molar-refractivity contribution in [1.29, 1.82) is 0 Å². The van der Waals surface area contributed by atoms with Gasteiger partial charge in [-0.1, -0.05) is 53.5 Å². The topological polar surface area (TPSA) is 151 Å². The summed E-state index contributed by atoms with van der Waals surface area (Å²) in [5, 5.41) is 13.1. The highest BCUT2D eigenvalue weighted by Crippen LogP contribution is 2.29. The zero-order chi connectivity index (χ0) is 40.5. The lowest BCUT2D eigenvalue weighted by Crippen LogP contribution is -2.48. The Morgan fingerprint density at radius 2 is 1.39 bits per heavy atom. The van der Waals surface area contributed by atoms with Crippen LogP contribution in [0.2, 0.25) is 10.0 Å². The zero-order valence-electron chi connectivity index (χ0n) is 32.5. The van der Waals surface area contributed by atoms with Crippen molar-refractivity contribution in [1.82, 2.24) is 39.7 Å². The second kappa shape index (κ2) is 19.5. The van der Waals surface area contributed by atoms with Crippen molar-refractivity contribution in [2.45, 2.75) is 13.5 Å². The summed E-state index contributed by atoms with van der Waals surface area (Å²) in [5.41, 5.74) is 1.58. The van der Waals surface area contributed by atoms with E-state index in [-0.39, 0.29) is 51.8 Å². The molecular weight excluding hydrogens is 769 g/mol. The summed E-state index contributed by atoms with van der Waals surface area (Å²) < 4.78 is 1.19. The maximum atomic E-state index is 14.9. The lowest BCUT2D eigenvalue weighted by atomic mass is 9.98. The van der Waals surface area contributed by atoms with Crippen LogP contribution >= 0.6 is 23.2 Å². The van der Waals surface area contributed by atoms with Crippen LogP contribution in [0.4, 0.5) is 22.0 Å². The van der Waals surface area contributed by atoms with Crippen molar-refractivity contribution in [3.63, 3.8) is 0 Å². The molecule has 15 nitrogen and oxygen atoms in total. The Morgan fingerprint density at radius 1 is 0.772 bits per heavy atom. The minimum absolute atomic E-state index is 0.112. The molecule has 0 saturated carbocycles. The van der Waals surface area contributed by atoms with Gasteiger partial charge in [0.2, 0.25) is 0 Å². The molecule has 2 aliphatic rings. The van der Waals surface area contributed by atoms with Gasteiger partial charge >= 0.3 is 6.03 Å². The minimum atomic E-state index is -0.781. The number of carbonyl (C=O) groups excluding carboxylic acids is 3. The van der Waals surface area contributed by atoms with Gasteiger partial charge in [0.15, 0.2) is 5.82 Å². The van der Waals surface area contributed by atoms with Crippen LogP contribution in [-0.4, -0.2) is 145 Å². The van der Waals surface area contributed by atoms with Crippen molar-refractivity contribution in [2.75, 3.05) is 108 Å². The smallest absolute Gasteiger partial charge is 0.323 e. The number of piperazine rings is 2. The maximum absolute atomic E-state index is 14.9. The predicted octanol–water partition coefficient (Wildman–Crippen LogP) is 4.15. The van der Waals surface area contributed by atoms with Gasteiger partial charge in [0.1, 0.15) is 5.69 Å². The van der Waals surface area contributed by atoms with E-state index in [4.69, 9.17) is 23.2 Å². The van der Waals surface area contributed by atoms with Gasteiger partial charge in [-0.2, -0.15) is 5.10 Å². The molecule has 0 radical (unpaired) electrons. The highest BCUT2D eigenvalue weighted by atomic mass is 35.5. The minimum Gasteiger partial charge on any atom is -0.351 e. The van der Waals surface area contributed by atoms with Crippen LogP contribution < -0.4 is 26.4 Å². The van der Waals surface area contributed by atoms with E-state index in [1.54, 1.807) is 25.1 Å². The van der Waals surface area contributed by atoms with Crippen LogP contribution in [0, 0.1) is 0 Å². The largest absolute Gasteiger partial charge is 0.351 e. The van der Waals surface area contributed by atoms with Crippen LogP contribution in [0.15, 0.2) is 71.8 Å². The first-order valence-corrected chi connectivity index (χ1v) is 19.9. The van der Waals surface area contributed by atoms with Gasteiger partial charge in [-0.15, -0.1) is 0 Å². The van der Waals surface area contributed by atoms with E-state index in [9.17, 15) is 19.2 Å². The van der Waals surface area contributed by atoms with Gasteiger partial charge < -0.3 is 25.8 Å². The molecule has 4 amide bonds. The first kappa shape index (κ1) is 41.7. The van der Waals surface area contributed by atoms with Gasteiger partial charge in [0, 0.05) is 115 Å². The number of anilines is 3. The Balaban J connectivity index is 1.33. The third kappa shape index (κ3) is 10.9. The third-order valence-electron chi connectivity index (χ3n) is 10.2. The standard InChI is InChI=1S/C40H49Cl2N11O4/c1-4-53-39(56)34(45-40(57)46-36-32(41)26-43-27-33(36)42)25-35(47-53)52(21-20-51-18-14-49(3)15-19-51)38(55)31-23-29(28-8-6-5-7-9-28)22-30(24-31)37(54)44-10-11-50-16-12-48(2)13-17-50/h5-9,22-27H,4,10-21H2,1-3H3,(H,44,54)(H2,43,45,46,57). The Bertz CT molecular complexity index is 2080. The summed E-state index contributed by atoms with van der Waals surface area (Å²) in [6.45, 7) is 11.1. The number of likely N-dealkylation sites (N-methyl/N-ethyl adjacent to an activating group) is 2. The molecule has 0 aliphatic carbocycles. The number of rotatable bonds is 13. The van der Waals surface area contributed by atoms with Crippen molar-refractivity contribution < 1.29 is 14.4 Å². The van der Waals surface area contributed by atoms with E-state index in [1.807, 2.05) is 30.3 Å². The molecule has 2 aromatic heterocycles. The fourth-order valence-corrected chi connectivity index (χ4v) is 7.19. The number of nitrogens with one attached hydrogen (secondary N) is 3. The molecule has 0 bridgehead atoms. The Hall–Kier alpha value is -4.90. The average molecular weight is 819 g/mol. The van der Waals surface area contributed by atoms with Crippen LogP contribution in [0.1, 0.15) is 27.6 Å². The number of carbonyl (C=O) groups is 3. The predicted molar refractivity (Wildman–Crippen MR) is 225 cm³/mol. The van der Waals surface area contributed by atoms with E-state index in [0.29, 0.717) is 24.2 Å². The molecule has 57 heavy (non-hydrogen) atoms. The number of pyridine rings is 1. The molecule has 302 valence electrons. The lowest BCUT2D eigenvalue weighted by Gasteiger charge is -2.34. The van der Waals surface area contributed by atoms with Crippen LogP contribution in [-0.2, 0) is 6.54 Å². The SMILES string of the molecule is CCn1nc(N(CCN2CCN(C)CC2)C(=O)c2cc(C(=O)NCCN3CCN(C)CC3)cc(-c3ccccc3)c2)cc(NC(=O)Nc2c(Cl)cncc2Cl)c1=O. The van der Waals surface area contributed by atoms with E-state index < -0.39 is 17.5 Å². The number of nitrogens with zero attached hydrogens (tertiary/aromatic N) is 8. The molecule has 0 atom stereocenters. The summed E-state index contributed by atoms with van der Waals surface area (Å²) in [7, 11) is 4.18. The maximum Gasteiger partial charge on any atom is 0.323 e. The second-order valence-corrected chi connectivity index (χ2v) is 15.1. The molecule has 6 rings (SSSR count). The molecule has 2 saturated heterocycles. The second-order valence-electron chi connectivity index (χ2n) is 14.3. The highest BCUT2D eigenvalue weighted by Gasteiger charge is 2.26. The molecule has 17 heteroatoms. The molecule has 2 aromatic carbocycles. The summed E-state index contributed by atoms with van der Waals surface area (Å²) >= 11 is 12.4. The summed E-state index contributed by atoms with van der Waals surface area (Å²) in [6.07, 6.45) is 2.66. The molecular formula is C40H49Cl2N11O4. The first-order valence-electron chi connectivity index (χ1n) is 19.1. The number of hydrogen-bond acceptors (Lipinski definition) is 10. The summed E-state index contributed by atoms with van der Waals surface area (Å²) in [6, 6.07) is 15.3. The molecule has 2 aliphatic heterocycles. The molecule has 3 N–H and O–H groups in total. The number of urea groups is 1. The number of halogens is 2. The summed E-state index contributed by atoms with van der Waals surface area (Å²) in [5.74, 6) is -0.563. The van der Waals surface area contributed by atoms with Crippen LogP contribution in [0.3, 0.4) is 0 Å². The number of hydrogen-bond donors (Lipinski definition) is 3. The fraction of sp³-hybridized carbons (Fsp3) is 0.400.